The minimum absolute atomic E-state index is 0.167. The van der Waals surface area contributed by atoms with Gasteiger partial charge in [-0.2, -0.15) is 5.26 Å². The Bertz CT molecular complexity index is 1110. The molecule has 2 heterocycles. The van der Waals surface area contributed by atoms with Crippen molar-refractivity contribution in [1.82, 2.24) is 4.57 Å². The van der Waals surface area contributed by atoms with Crippen LogP contribution in [0.1, 0.15) is 41.4 Å². The number of ether oxygens (including phenoxy) is 1. The van der Waals surface area contributed by atoms with Crippen LogP contribution < -0.4 is 4.74 Å². The van der Waals surface area contributed by atoms with E-state index in [0.717, 1.165) is 0 Å². The zero-order chi connectivity index (χ0) is 19.3. The summed E-state index contributed by atoms with van der Waals surface area (Å²) in [4.78, 5) is 11.7. The monoisotopic (exact) mass is 362 g/mol. The van der Waals surface area contributed by atoms with Crippen LogP contribution in [0, 0.1) is 11.3 Å². The second kappa shape index (κ2) is 5.86. The highest BCUT2D eigenvalue weighted by Crippen LogP contribution is 2.44. The van der Waals surface area contributed by atoms with E-state index < -0.39 is 23.7 Å². The zero-order valence-electron chi connectivity index (χ0n) is 14.9. The van der Waals surface area contributed by atoms with Crippen molar-refractivity contribution in [2.75, 3.05) is 0 Å². The van der Waals surface area contributed by atoms with Crippen LogP contribution in [0.25, 0.3) is 10.9 Å². The van der Waals surface area contributed by atoms with Crippen molar-refractivity contribution in [2.24, 2.45) is 0 Å². The Morgan fingerprint density at radius 2 is 2.00 bits per heavy atom. The summed E-state index contributed by atoms with van der Waals surface area (Å²) >= 11 is 0. The highest BCUT2D eigenvalue weighted by molar-refractivity contribution is 6.03. The number of hydrogen-bond acceptors (Lipinski definition) is 4. The van der Waals surface area contributed by atoms with Crippen molar-refractivity contribution in [3.8, 4) is 11.8 Å². The smallest absolute Gasteiger partial charge is 0.337 e. The van der Waals surface area contributed by atoms with E-state index in [1.54, 1.807) is 54.9 Å². The Hall–Kier alpha value is -3.30. The maximum atomic E-state index is 11.7. The van der Waals surface area contributed by atoms with Crippen LogP contribution >= 0.6 is 0 Å². The van der Waals surface area contributed by atoms with E-state index in [1.807, 2.05) is 12.1 Å². The van der Waals surface area contributed by atoms with E-state index in [0.29, 0.717) is 27.8 Å². The highest BCUT2D eigenvalue weighted by Gasteiger charge is 2.44. The first kappa shape index (κ1) is 17.1. The number of fused-ring (bicyclic) bond motifs is 2. The normalized spacial score (nSPS) is 20.5. The van der Waals surface area contributed by atoms with E-state index in [-0.39, 0.29) is 5.56 Å². The fourth-order valence-corrected chi connectivity index (χ4v) is 3.74. The van der Waals surface area contributed by atoms with Crippen molar-refractivity contribution in [1.29, 1.82) is 5.26 Å². The lowest BCUT2D eigenvalue weighted by molar-refractivity contribution is -0.0629. The van der Waals surface area contributed by atoms with E-state index >= 15 is 0 Å². The minimum Gasteiger partial charge on any atom is -0.485 e. The molecule has 2 N–H and O–H groups in total. The van der Waals surface area contributed by atoms with Crippen LogP contribution in [-0.2, 0) is 0 Å². The maximum absolute atomic E-state index is 11.7. The number of carboxylic acids is 1. The van der Waals surface area contributed by atoms with Gasteiger partial charge >= 0.3 is 5.97 Å². The Morgan fingerprint density at radius 3 is 2.70 bits per heavy atom. The molecule has 0 aliphatic carbocycles. The number of nitrogens with zero attached hydrogens (tertiary/aromatic N) is 2. The quantitative estimate of drug-likeness (QED) is 0.729. The average molecular weight is 362 g/mol. The van der Waals surface area contributed by atoms with Crippen LogP contribution in [0.2, 0.25) is 0 Å². The lowest BCUT2D eigenvalue weighted by atomic mass is 9.85. The van der Waals surface area contributed by atoms with Crippen molar-refractivity contribution in [3.63, 3.8) is 0 Å². The molecule has 0 fully saturated rings. The number of aliphatic hydroxyl groups is 1. The molecule has 2 aromatic carbocycles. The van der Waals surface area contributed by atoms with Gasteiger partial charge in [0.25, 0.3) is 0 Å². The Kier molecular flexibility index (Phi) is 3.72. The number of para-hydroxylation sites is 1. The second-order valence-electron chi connectivity index (χ2n) is 7.23. The maximum Gasteiger partial charge on any atom is 0.337 e. The summed E-state index contributed by atoms with van der Waals surface area (Å²) in [6.07, 6.45) is 0.599. The molecule has 4 rings (SSSR count). The van der Waals surface area contributed by atoms with Gasteiger partial charge in [-0.15, -0.1) is 0 Å². The van der Waals surface area contributed by atoms with Gasteiger partial charge in [0.1, 0.15) is 17.5 Å². The summed E-state index contributed by atoms with van der Waals surface area (Å²) in [6, 6.07) is 13.8. The van der Waals surface area contributed by atoms with Crippen LogP contribution in [0.5, 0.6) is 5.75 Å². The lowest BCUT2D eigenvalue weighted by Gasteiger charge is -2.43. The summed E-state index contributed by atoms with van der Waals surface area (Å²) in [6.45, 7) is 3.57. The van der Waals surface area contributed by atoms with Gasteiger partial charge in [-0.3, -0.25) is 0 Å². The molecular weight excluding hydrogens is 344 g/mol. The van der Waals surface area contributed by atoms with Crippen LogP contribution in [-0.4, -0.2) is 32.5 Å². The molecule has 3 aromatic rings. The molecule has 1 aromatic heterocycles. The number of carbonyl (C=O) groups is 1. The molecule has 0 unspecified atom stereocenters. The molecule has 6 nitrogen and oxygen atoms in total. The first-order valence-electron chi connectivity index (χ1n) is 8.57. The molecule has 0 saturated carbocycles. The first-order valence-corrected chi connectivity index (χ1v) is 8.57. The number of hydrogen-bond donors (Lipinski definition) is 2. The molecule has 1 aliphatic rings. The van der Waals surface area contributed by atoms with Crippen molar-refractivity contribution < 1.29 is 19.7 Å². The molecular formula is C21H18N2O4. The summed E-state index contributed by atoms with van der Waals surface area (Å²) in [5.41, 5.74) is 1.08. The summed E-state index contributed by atoms with van der Waals surface area (Å²) in [5.74, 6) is -0.458. The third-order valence-corrected chi connectivity index (χ3v) is 5.11. The molecule has 0 saturated heterocycles. The second-order valence-corrected chi connectivity index (χ2v) is 7.23. The van der Waals surface area contributed by atoms with Gasteiger partial charge in [-0.1, -0.05) is 18.2 Å². The predicted molar refractivity (Wildman–Crippen MR) is 98.9 cm³/mol. The van der Waals surface area contributed by atoms with Crippen molar-refractivity contribution in [3.05, 3.63) is 65.4 Å². The largest absolute Gasteiger partial charge is 0.485 e. The summed E-state index contributed by atoms with van der Waals surface area (Å²) in [7, 11) is 0. The number of aromatic nitrogens is 1. The molecule has 0 spiro atoms. The lowest BCUT2D eigenvalue weighted by Crippen LogP contribution is -2.50. The van der Waals surface area contributed by atoms with Gasteiger partial charge in [-0.25, -0.2) is 4.79 Å². The van der Waals surface area contributed by atoms with Crippen LogP contribution in [0.4, 0.5) is 0 Å². The topological polar surface area (TPSA) is 95.5 Å². The standard InChI is InChI=1S/C21H18N2O4/c1-21(2)19(24)18(14-9-12(10-22)7-8-17(14)27-21)23-11-15(20(25)26)13-5-3-4-6-16(13)23/h3-9,11,18-19,24H,1-2H3,(H,25,26)/t18-,19+/m1/s1. The van der Waals surface area contributed by atoms with Gasteiger partial charge in [-0.05, 0) is 38.1 Å². The molecule has 6 heteroatoms. The predicted octanol–water partition coefficient (Wildman–Crippen LogP) is 3.33. The van der Waals surface area contributed by atoms with Gasteiger partial charge in [0.05, 0.1) is 23.2 Å². The molecule has 1 aliphatic heterocycles. The van der Waals surface area contributed by atoms with E-state index in [1.165, 1.54) is 0 Å². The third-order valence-electron chi connectivity index (χ3n) is 5.11. The van der Waals surface area contributed by atoms with Crippen LogP contribution in [0.3, 0.4) is 0 Å². The minimum atomic E-state index is -1.03. The molecule has 2 atom stereocenters. The van der Waals surface area contributed by atoms with E-state index in [2.05, 4.69) is 6.07 Å². The molecule has 136 valence electrons. The molecule has 0 radical (unpaired) electrons. The van der Waals surface area contributed by atoms with Crippen molar-refractivity contribution >= 4 is 16.9 Å². The Morgan fingerprint density at radius 1 is 1.26 bits per heavy atom. The molecule has 27 heavy (non-hydrogen) atoms. The summed E-state index contributed by atoms with van der Waals surface area (Å²) < 4.78 is 7.73. The Balaban J connectivity index is 2.03. The number of nitriles is 1. The number of aromatic carboxylic acids is 1. The number of rotatable bonds is 2. The van der Waals surface area contributed by atoms with Gasteiger partial charge < -0.3 is 19.5 Å². The fourth-order valence-electron chi connectivity index (χ4n) is 3.74. The third kappa shape index (κ3) is 2.56. The van der Waals surface area contributed by atoms with Crippen molar-refractivity contribution in [2.45, 2.75) is 31.6 Å². The van der Waals surface area contributed by atoms with Gasteiger partial charge in [0.15, 0.2) is 0 Å². The van der Waals surface area contributed by atoms with E-state index in [9.17, 15) is 20.3 Å². The number of aliphatic hydroxyl groups excluding tert-OH is 1. The average Bonchev–Trinajstić information content (AvgIpc) is 3.02. The number of carboxylic acid groups (broad SMARTS) is 1. The SMILES string of the molecule is CC1(C)Oc2ccc(C#N)cc2[C@@H](n2cc(C(=O)O)c3ccccc32)[C@@H]1O. The fraction of sp³-hybridized carbons (Fsp3) is 0.238. The van der Waals surface area contributed by atoms with Gasteiger partial charge in [0, 0.05) is 22.7 Å². The highest BCUT2D eigenvalue weighted by atomic mass is 16.5. The zero-order valence-corrected chi connectivity index (χ0v) is 14.9. The van der Waals surface area contributed by atoms with E-state index in [4.69, 9.17) is 4.74 Å². The van der Waals surface area contributed by atoms with Crippen LogP contribution in [0.15, 0.2) is 48.7 Å². The number of benzene rings is 2. The van der Waals surface area contributed by atoms with Gasteiger partial charge in [0.2, 0.25) is 0 Å². The summed E-state index contributed by atoms with van der Waals surface area (Å²) in [5, 5.41) is 30.6. The molecule has 0 amide bonds. The molecule has 0 bridgehead atoms. The first-order chi connectivity index (χ1) is 12.8. The Labute approximate surface area is 155 Å².